The van der Waals surface area contributed by atoms with Crippen molar-refractivity contribution in [2.24, 2.45) is 0 Å². The molecule has 1 aromatic rings. The summed E-state index contributed by atoms with van der Waals surface area (Å²) >= 11 is 0. The number of hydrogen-bond acceptors (Lipinski definition) is 5. The van der Waals surface area contributed by atoms with Gasteiger partial charge in [-0.3, -0.25) is 9.69 Å². The highest BCUT2D eigenvalue weighted by Gasteiger charge is 2.33. The molecule has 0 saturated carbocycles. The van der Waals surface area contributed by atoms with Crippen LogP contribution in [0.4, 0.5) is 4.79 Å². The maximum absolute atomic E-state index is 11.9. The summed E-state index contributed by atoms with van der Waals surface area (Å²) in [5.41, 5.74) is 1.58. The Balaban J connectivity index is 2.26. The number of amides is 3. The number of urea groups is 1. The third kappa shape index (κ3) is 3.02. The van der Waals surface area contributed by atoms with Crippen LogP contribution in [0.25, 0.3) is 6.08 Å². The lowest BCUT2D eigenvalue weighted by atomic mass is 10.1. The first-order valence-electron chi connectivity index (χ1n) is 6.11. The number of carbonyl (C=O) groups is 3. The number of ether oxygens (including phenoxy) is 1. The van der Waals surface area contributed by atoms with E-state index in [1.807, 2.05) is 6.92 Å². The first-order valence-corrected chi connectivity index (χ1v) is 6.11. The summed E-state index contributed by atoms with van der Waals surface area (Å²) in [6.45, 7) is 1.07. The standard InChI is InChI=1S/C14H14N2O5/c1-8-5-9(3-4-11(8)21-2)6-10-13(19)16(7-12(17)18)14(20)15-10/h3-6H,7H2,1-2H3,(H,15,20)(H,17,18)/p-1/b10-6+. The Morgan fingerprint density at radius 2 is 2.14 bits per heavy atom. The first-order chi connectivity index (χ1) is 9.92. The predicted octanol–water partition coefficient (Wildman–Crippen LogP) is -0.354. The van der Waals surface area contributed by atoms with Crippen molar-refractivity contribution in [3.05, 3.63) is 35.0 Å². The van der Waals surface area contributed by atoms with Gasteiger partial charge in [-0.2, -0.15) is 0 Å². The molecule has 0 bridgehead atoms. The highest BCUT2D eigenvalue weighted by molar-refractivity contribution is 6.15. The monoisotopic (exact) mass is 289 g/mol. The topological polar surface area (TPSA) is 98.8 Å². The summed E-state index contributed by atoms with van der Waals surface area (Å²) in [7, 11) is 1.55. The Bertz CT molecular complexity index is 651. The first kappa shape index (κ1) is 14.6. The smallest absolute Gasteiger partial charge is 0.329 e. The minimum absolute atomic E-state index is 0.0193. The lowest BCUT2D eigenvalue weighted by Gasteiger charge is -2.11. The molecule has 7 heteroatoms. The van der Waals surface area contributed by atoms with E-state index in [0.717, 1.165) is 5.56 Å². The summed E-state index contributed by atoms with van der Waals surface area (Å²) in [6, 6.07) is 4.47. The van der Waals surface area contributed by atoms with E-state index < -0.39 is 24.5 Å². The molecule has 0 unspecified atom stereocenters. The number of carboxylic acid groups (broad SMARTS) is 1. The molecule has 21 heavy (non-hydrogen) atoms. The number of hydrogen-bond donors (Lipinski definition) is 1. The van der Waals surface area contributed by atoms with E-state index in [4.69, 9.17) is 4.74 Å². The molecular formula is C14H13N2O5-. The molecule has 1 aliphatic heterocycles. The van der Waals surface area contributed by atoms with Gasteiger partial charge in [0.15, 0.2) is 0 Å². The van der Waals surface area contributed by atoms with Gasteiger partial charge in [-0.25, -0.2) is 4.79 Å². The number of aliphatic carboxylic acids is 1. The Kier molecular flexibility index (Phi) is 3.93. The van der Waals surface area contributed by atoms with Gasteiger partial charge >= 0.3 is 6.03 Å². The summed E-state index contributed by atoms with van der Waals surface area (Å²) in [5, 5.41) is 12.8. The molecule has 1 aromatic carbocycles. The highest BCUT2D eigenvalue weighted by Crippen LogP contribution is 2.21. The van der Waals surface area contributed by atoms with E-state index in [1.54, 1.807) is 25.3 Å². The van der Waals surface area contributed by atoms with Crippen molar-refractivity contribution >= 4 is 24.0 Å². The van der Waals surface area contributed by atoms with Gasteiger partial charge in [0.1, 0.15) is 11.4 Å². The molecule has 7 nitrogen and oxygen atoms in total. The fraction of sp³-hybridized carbons (Fsp3) is 0.214. The molecule has 0 radical (unpaired) electrons. The summed E-state index contributed by atoms with van der Waals surface area (Å²) in [5.74, 6) is -1.49. The number of rotatable bonds is 4. The van der Waals surface area contributed by atoms with Crippen LogP contribution in [0, 0.1) is 6.92 Å². The van der Waals surface area contributed by atoms with Crippen LogP contribution in [0.1, 0.15) is 11.1 Å². The van der Waals surface area contributed by atoms with Crippen molar-refractivity contribution < 1.29 is 24.2 Å². The zero-order valence-corrected chi connectivity index (χ0v) is 11.5. The SMILES string of the molecule is COc1ccc(/C=C2/NC(=O)N(CC(=O)[O-])C2=O)cc1C. The number of carboxylic acids is 1. The third-order valence-electron chi connectivity index (χ3n) is 2.98. The van der Waals surface area contributed by atoms with E-state index in [2.05, 4.69) is 5.32 Å². The number of carbonyl (C=O) groups excluding carboxylic acids is 3. The van der Waals surface area contributed by atoms with Crippen LogP contribution < -0.4 is 15.2 Å². The zero-order chi connectivity index (χ0) is 15.6. The molecule has 2 rings (SSSR count). The molecule has 0 aliphatic carbocycles. The Labute approximate surface area is 120 Å². The van der Waals surface area contributed by atoms with Gasteiger partial charge < -0.3 is 20.0 Å². The second-order valence-electron chi connectivity index (χ2n) is 4.48. The normalized spacial score (nSPS) is 16.3. The van der Waals surface area contributed by atoms with Crippen LogP contribution in [-0.4, -0.2) is 36.5 Å². The average Bonchev–Trinajstić information content (AvgIpc) is 2.66. The molecule has 1 N–H and O–H groups in total. The van der Waals surface area contributed by atoms with Crippen molar-refractivity contribution in [2.45, 2.75) is 6.92 Å². The maximum Gasteiger partial charge on any atom is 0.329 e. The van der Waals surface area contributed by atoms with Crippen molar-refractivity contribution in [2.75, 3.05) is 13.7 Å². The third-order valence-corrected chi connectivity index (χ3v) is 2.98. The van der Waals surface area contributed by atoms with Crippen molar-refractivity contribution in [3.8, 4) is 5.75 Å². The van der Waals surface area contributed by atoms with Gasteiger partial charge in [-0.1, -0.05) is 6.07 Å². The van der Waals surface area contributed by atoms with Crippen molar-refractivity contribution in [3.63, 3.8) is 0 Å². The molecular weight excluding hydrogens is 276 g/mol. The van der Waals surface area contributed by atoms with E-state index in [0.29, 0.717) is 16.2 Å². The van der Waals surface area contributed by atoms with Gasteiger partial charge in [0, 0.05) is 0 Å². The number of nitrogens with zero attached hydrogens (tertiary/aromatic N) is 1. The molecule has 3 amide bonds. The van der Waals surface area contributed by atoms with E-state index in [-0.39, 0.29) is 5.70 Å². The summed E-state index contributed by atoms with van der Waals surface area (Å²) in [4.78, 5) is 34.5. The van der Waals surface area contributed by atoms with E-state index >= 15 is 0 Å². The van der Waals surface area contributed by atoms with Crippen LogP contribution in [0.2, 0.25) is 0 Å². The Morgan fingerprint density at radius 1 is 1.43 bits per heavy atom. The van der Waals surface area contributed by atoms with Crippen LogP contribution in [0.5, 0.6) is 5.75 Å². The molecule has 0 aromatic heterocycles. The molecule has 0 spiro atoms. The predicted molar refractivity (Wildman–Crippen MR) is 71.0 cm³/mol. The number of methoxy groups -OCH3 is 1. The van der Waals surface area contributed by atoms with Gasteiger partial charge in [0.2, 0.25) is 0 Å². The van der Waals surface area contributed by atoms with Gasteiger partial charge in [-0.15, -0.1) is 0 Å². The largest absolute Gasteiger partial charge is 0.548 e. The number of imide groups is 1. The molecule has 1 aliphatic rings. The highest BCUT2D eigenvalue weighted by atomic mass is 16.5. The van der Waals surface area contributed by atoms with Crippen LogP contribution in [0.15, 0.2) is 23.9 Å². The summed E-state index contributed by atoms with van der Waals surface area (Å²) < 4.78 is 5.13. The zero-order valence-electron chi connectivity index (χ0n) is 11.5. The lowest BCUT2D eigenvalue weighted by molar-refractivity contribution is -0.305. The summed E-state index contributed by atoms with van der Waals surface area (Å²) in [6.07, 6.45) is 1.47. The molecule has 1 fully saturated rings. The minimum Gasteiger partial charge on any atom is -0.548 e. The lowest BCUT2D eigenvalue weighted by Crippen LogP contribution is -2.41. The Morgan fingerprint density at radius 3 is 2.71 bits per heavy atom. The van der Waals surface area contributed by atoms with Gasteiger partial charge in [0.25, 0.3) is 5.91 Å². The van der Waals surface area contributed by atoms with Crippen molar-refractivity contribution in [1.82, 2.24) is 10.2 Å². The van der Waals surface area contributed by atoms with Crippen LogP contribution in [0.3, 0.4) is 0 Å². The van der Waals surface area contributed by atoms with Crippen LogP contribution in [-0.2, 0) is 9.59 Å². The molecule has 1 heterocycles. The van der Waals surface area contributed by atoms with Crippen LogP contribution >= 0.6 is 0 Å². The van der Waals surface area contributed by atoms with Gasteiger partial charge in [-0.05, 0) is 36.3 Å². The molecule has 1 saturated heterocycles. The molecule has 110 valence electrons. The molecule has 0 atom stereocenters. The average molecular weight is 289 g/mol. The quantitative estimate of drug-likeness (QED) is 0.603. The fourth-order valence-electron chi connectivity index (χ4n) is 2.00. The second-order valence-corrected chi connectivity index (χ2v) is 4.48. The second kappa shape index (κ2) is 5.66. The Hall–Kier alpha value is -2.83. The van der Waals surface area contributed by atoms with Gasteiger partial charge in [0.05, 0.1) is 19.6 Å². The van der Waals surface area contributed by atoms with Crippen molar-refractivity contribution in [1.29, 1.82) is 0 Å². The number of nitrogens with one attached hydrogen (secondary N) is 1. The van der Waals surface area contributed by atoms with E-state index in [9.17, 15) is 19.5 Å². The van der Waals surface area contributed by atoms with E-state index in [1.165, 1.54) is 6.08 Å². The number of benzene rings is 1. The minimum atomic E-state index is -1.50. The fourth-order valence-corrected chi connectivity index (χ4v) is 2.00. The maximum atomic E-state index is 11.9. The number of aryl methyl sites for hydroxylation is 1.